The summed E-state index contributed by atoms with van der Waals surface area (Å²) >= 11 is 0. The van der Waals surface area contributed by atoms with Gasteiger partial charge in [0.1, 0.15) is 0 Å². The summed E-state index contributed by atoms with van der Waals surface area (Å²) in [6.07, 6.45) is 20.1. The number of fused-ring (bicyclic) bond motifs is 5. The van der Waals surface area contributed by atoms with Crippen LogP contribution in [0.1, 0.15) is 85.5 Å². The van der Waals surface area contributed by atoms with Crippen LogP contribution in [0.15, 0.2) is 36.0 Å². The van der Waals surface area contributed by atoms with E-state index in [0.717, 1.165) is 29.2 Å². The molecule has 8 atom stereocenters. The number of hydrogen-bond donors (Lipinski definition) is 1. The quantitative estimate of drug-likeness (QED) is 0.381. The van der Waals surface area contributed by atoms with Gasteiger partial charge in [0.05, 0.1) is 0 Å². The van der Waals surface area contributed by atoms with Crippen molar-refractivity contribution >= 4 is 0 Å². The molecule has 1 nitrogen and oxygen atoms in total. The number of rotatable bonds is 5. The minimum absolute atomic E-state index is 0.167. The van der Waals surface area contributed by atoms with E-state index in [-0.39, 0.29) is 12.5 Å². The van der Waals surface area contributed by atoms with E-state index < -0.39 is 0 Å². The predicted octanol–water partition coefficient (Wildman–Crippen LogP) is 7.33. The second-order valence-electron chi connectivity index (χ2n) is 11.6. The van der Waals surface area contributed by atoms with Crippen LogP contribution in [0.3, 0.4) is 0 Å². The maximum absolute atomic E-state index is 9.39. The minimum atomic E-state index is 0.167. The van der Waals surface area contributed by atoms with Crippen molar-refractivity contribution in [1.29, 1.82) is 0 Å². The molecular weight excluding hydrogens is 352 g/mol. The van der Waals surface area contributed by atoms with Gasteiger partial charge >= 0.3 is 0 Å². The molecule has 1 unspecified atom stereocenters. The van der Waals surface area contributed by atoms with E-state index in [0.29, 0.717) is 16.7 Å². The highest BCUT2D eigenvalue weighted by Crippen LogP contribution is 2.67. The van der Waals surface area contributed by atoms with Crippen LogP contribution in [-0.2, 0) is 0 Å². The Balaban J connectivity index is 1.51. The second-order valence-corrected chi connectivity index (χ2v) is 11.6. The van der Waals surface area contributed by atoms with Crippen LogP contribution in [0.4, 0.5) is 0 Å². The molecule has 1 N–H and O–H groups in total. The Morgan fingerprint density at radius 3 is 2.72 bits per heavy atom. The third-order valence-electron chi connectivity index (χ3n) is 10.2. The Hall–Kier alpha value is -0.820. The Labute approximate surface area is 179 Å². The van der Waals surface area contributed by atoms with Crippen molar-refractivity contribution < 1.29 is 5.11 Å². The van der Waals surface area contributed by atoms with E-state index in [1.165, 1.54) is 57.8 Å². The standard InChI is InChI=1S/C28H44O/c1-19(21(3)18-29)9-10-20(2)24-13-14-25-23-12-11-22-8-6-7-16-27(22,4)26(23)15-17-28(24,25)5/h9-11,20-21,23-26,29H,1,6-8,12-18H2,2-5H3/t20-,21?,23+,24-,25+,26+,27+,28-/m1/s1. The SMILES string of the molecule is C=C(C=C[C@@H](C)[C@H]1CC[C@H]2[C@@H]3CC=C4CCCC[C@]4(C)[C@H]3CC[C@]12C)C(C)CO. The van der Waals surface area contributed by atoms with Crippen molar-refractivity contribution in [2.45, 2.75) is 85.5 Å². The van der Waals surface area contributed by atoms with E-state index in [1.807, 2.05) is 5.57 Å². The van der Waals surface area contributed by atoms with Gasteiger partial charge in [0.25, 0.3) is 0 Å². The van der Waals surface area contributed by atoms with Crippen molar-refractivity contribution in [1.82, 2.24) is 0 Å². The Morgan fingerprint density at radius 2 is 1.97 bits per heavy atom. The summed E-state index contributed by atoms with van der Waals surface area (Å²) in [5, 5.41) is 9.39. The largest absolute Gasteiger partial charge is 0.396 e. The van der Waals surface area contributed by atoms with Gasteiger partial charge in [0, 0.05) is 12.5 Å². The first kappa shape index (κ1) is 21.4. The summed E-state index contributed by atoms with van der Waals surface area (Å²) in [6, 6.07) is 0. The van der Waals surface area contributed by atoms with Crippen molar-refractivity contribution in [3.8, 4) is 0 Å². The molecule has 0 heterocycles. The highest BCUT2D eigenvalue weighted by Gasteiger charge is 2.58. The van der Waals surface area contributed by atoms with E-state index in [4.69, 9.17) is 0 Å². The maximum atomic E-state index is 9.39. The van der Waals surface area contributed by atoms with Crippen LogP contribution in [0.2, 0.25) is 0 Å². The third kappa shape index (κ3) is 3.50. The predicted molar refractivity (Wildman–Crippen MR) is 124 cm³/mol. The lowest BCUT2D eigenvalue weighted by molar-refractivity contribution is -0.0462. The van der Waals surface area contributed by atoms with Gasteiger partial charge in [-0.15, -0.1) is 0 Å². The Bertz CT molecular complexity index is 686. The highest BCUT2D eigenvalue weighted by atomic mass is 16.3. The van der Waals surface area contributed by atoms with Gasteiger partial charge in [0.15, 0.2) is 0 Å². The molecule has 1 heteroatoms. The molecular formula is C28H44O. The van der Waals surface area contributed by atoms with Crippen LogP contribution in [0, 0.1) is 46.3 Å². The second kappa shape index (κ2) is 8.03. The van der Waals surface area contributed by atoms with Gasteiger partial charge in [-0.25, -0.2) is 0 Å². The molecule has 4 aliphatic rings. The Morgan fingerprint density at radius 1 is 1.17 bits per heavy atom. The van der Waals surface area contributed by atoms with Crippen LogP contribution in [0.5, 0.6) is 0 Å². The number of hydrogen-bond acceptors (Lipinski definition) is 1. The van der Waals surface area contributed by atoms with Crippen LogP contribution >= 0.6 is 0 Å². The fraction of sp³-hybridized carbons (Fsp3) is 0.786. The van der Waals surface area contributed by atoms with Gasteiger partial charge in [-0.1, -0.05) is 70.1 Å². The first-order chi connectivity index (χ1) is 13.8. The summed E-state index contributed by atoms with van der Waals surface area (Å²) in [4.78, 5) is 0. The summed E-state index contributed by atoms with van der Waals surface area (Å²) in [5.74, 6) is 4.34. The zero-order chi connectivity index (χ0) is 20.8. The molecule has 0 aliphatic heterocycles. The van der Waals surface area contributed by atoms with E-state index >= 15 is 0 Å². The molecule has 0 bridgehead atoms. The molecule has 4 aliphatic carbocycles. The molecule has 29 heavy (non-hydrogen) atoms. The van der Waals surface area contributed by atoms with Gasteiger partial charge in [-0.2, -0.15) is 0 Å². The van der Waals surface area contributed by atoms with Crippen LogP contribution in [0.25, 0.3) is 0 Å². The monoisotopic (exact) mass is 396 g/mol. The fourth-order valence-electron chi connectivity index (χ4n) is 8.29. The van der Waals surface area contributed by atoms with Crippen molar-refractivity contribution in [2.75, 3.05) is 6.61 Å². The zero-order valence-corrected chi connectivity index (χ0v) is 19.4. The van der Waals surface area contributed by atoms with Crippen molar-refractivity contribution in [3.05, 3.63) is 36.0 Å². The van der Waals surface area contributed by atoms with E-state index in [2.05, 4.69) is 52.5 Å². The average Bonchev–Trinajstić information content (AvgIpc) is 3.08. The lowest BCUT2D eigenvalue weighted by atomic mass is 9.47. The summed E-state index contributed by atoms with van der Waals surface area (Å²) in [6.45, 7) is 14.1. The summed E-state index contributed by atoms with van der Waals surface area (Å²) in [7, 11) is 0. The number of aliphatic hydroxyl groups is 1. The molecule has 3 fully saturated rings. The Kier molecular flexibility index (Phi) is 5.93. The lowest BCUT2D eigenvalue weighted by Crippen LogP contribution is -2.49. The average molecular weight is 397 g/mol. The molecule has 0 radical (unpaired) electrons. The normalized spacial score (nSPS) is 43.8. The summed E-state index contributed by atoms with van der Waals surface area (Å²) < 4.78 is 0. The molecule has 3 saturated carbocycles. The van der Waals surface area contributed by atoms with Crippen molar-refractivity contribution in [3.63, 3.8) is 0 Å². The van der Waals surface area contributed by atoms with Gasteiger partial charge in [0.2, 0.25) is 0 Å². The summed E-state index contributed by atoms with van der Waals surface area (Å²) in [5.41, 5.74) is 3.92. The molecule has 4 rings (SSSR count). The van der Waals surface area contributed by atoms with E-state index in [1.54, 1.807) is 0 Å². The molecule has 0 spiro atoms. The fourth-order valence-corrected chi connectivity index (χ4v) is 8.29. The van der Waals surface area contributed by atoms with Gasteiger partial charge in [-0.05, 0) is 91.8 Å². The lowest BCUT2D eigenvalue weighted by Gasteiger charge is -2.58. The number of aliphatic hydroxyl groups excluding tert-OH is 1. The molecule has 0 aromatic heterocycles. The third-order valence-corrected chi connectivity index (χ3v) is 10.2. The molecule has 162 valence electrons. The zero-order valence-electron chi connectivity index (χ0n) is 19.4. The minimum Gasteiger partial charge on any atom is -0.396 e. The van der Waals surface area contributed by atoms with E-state index in [9.17, 15) is 5.11 Å². The molecule has 0 amide bonds. The van der Waals surface area contributed by atoms with Crippen LogP contribution in [-0.4, -0.2) is 11.7 Å². The molecule has 0 saturated heterocycles. The van der Waals surface area contributed by atoms with Gasteiger partial charge in [-0.3, -0.25) is 0 Å². The topological polar surface area (TPSA) is 20.2 Å². The number of allylic oxidation sites excluding steroid dienone is 4. The first-order valence-corrected chi connectivity index (χ1v) is 12.5. The highest BCUT2D eigenvalue weighted by molar-refractivity contribution is 5.25. The van der Waals surface area contributed by atoms with Crippen molar-refractivity contribution in [2.24, 2.45) is 46.3 Å². The van der Waals surface area contributed by atoms with Crippen LogP contribution < -0.4 is 0 Å². The van der Waals surface area contributed by atoms with Gasteiger partial charge < -0.3 is 5.11 Å². The molecule has 0 aromatic rings. The first-order valence-electron chi connectivity index (χ1n) is 12.5. The smallest absolute Gasteiger partial charge is 0.0496 e. The maximum Gasteiger partial charge on any atom is 0.0496 e. The molecule has 0 aromatic carbocycles.